The molecule has 0 aliphatic carbocycles. The van der Waals surface area contributed by atoms with Gasteiger partial charge in [0.15, 0.2) is 0 Å². The van der Waals surface area contributed by atoms with Crippen LogP contribution in [0, 0.1) is 13.8 Å². The number of aryl methyl sites for hydroxylation is 2. The van der Waals surface area contributed by atoms with E-state index in [4.69, 9.17) is 14.6 Å². The average molecular weight is 690 g/mol. The lowest BCUT2D eigenvalue weighted by Gasteiger charge is -2.34. The van der Waals surface area contributed by atoms with Crippen molar-refractivity contribution in [2.75, 3.05) is 32.9 Å². The van der Waals surface area contributed by atoms with E-state index in [1.165, 1.54) is 22.5 Å². The number of halogens is 5. The molecule has 10 nitrogen and oxygen atoms in total. The van der Waals surface area contributed by atoms with Crippen molar-refractivity contribution in [3.8, 4) is 11.5 Å². The van der Waals surface area contributed by atoms with Crippen LogP contribution in [-0.2, 0) is 14.8 Å². The van der Waals surface area contributed by atoms with E-state index in [-0.39, 0.29) is 50.7 Å². The Bertz CT molecular complexity index is 1600. The minimum absolute atomic E-state index is 0.0283. The Balaban J connectivity index is 1.37. The maximum atomic E-state index is 13.2. The summed E-state index contributed by atoms with van der Waals surface area (Å²) in [7, 11) is -3.86. The molecule has 47 heavy (non-hydrogen) atoms. The summed E-state index contributed by atoms with van der Waals surface area (Å²) >= 11 is 0. The molecule has 0 aromatic heterocycles. The number of amidine groups is 1. The molecule has 2 heterocycles. The highest BCUT2D eigenvalue weighted by atomic mass is 32.2. The average Bonchev–Trinajstić information content (AvgIpc) is 3.32. The van der Waals surface area contributed by atoms with Crippen LogP contribution in [0.5, 0.6) is 11.5 Å². The van der Waals surface area contributed by atoms with E-state index >= 15 is 0 Å². The van der Waals surface area contributed by atoms with Gasteiger partial charge in [-0.05, 0) is 80.1 Å². The number of piperidine rings is 1. The van der Waals surface area contributed by atoms with Crippen LogP contribution < -0.4 is 14.8 Å². The van der Waals surface area contributed by atoms with Gasteiger partial charge in [0.25, 0.3) is 5.91 Å². The zero-order chi connectivity index (χ0) is 34.6. The first-order chi connectivity index (χ1) is 22.0. The summed E-state index contributed by atoms with van der Waals surface area (Å²) in [5, 5.41) is 22.3. The summed E-state index contributed by atoms with van der Waals surface area (Å²) in [5.74, 6) is -4.34. The smallest absolute Gasteiger partial charge is 0.453 e. The number of hydrogen-bond acceptors (Lipinski definition) is 8. The van der Waals surface area contributed by atoms with Crippen molar-refractivity contribution in [2.24, 2.45) is 4.99 Å². The minimum Gasteiger partial charge on any atom is -0.494 e. The monoisotopic (exact) mass is 689 g/mol. The number of aliphatic imine (C=N–C) groups is 1. The van der Waals surface area contributed by atoms with Crippen molar-refractivity contribution in [3.63, 3.8) is 0 Å². The van der Waals surface area contributed by atoms with Crippen molar-refractivity contribution in [1.82, 2.24) is 9.62 Å². The molecule has 16 heteroatoms. The Kier molecular flexibility index (Phi) is 11.0. The highest BCUT2D eigenvalue weighted by Gasteiger charge is 2.56. The zero-order valence-corrected chi connectivity index (χ0v) is 26.5. The lowest BCUT2D eigenvalue weighted by molar-refractivity contribution is -0.284. The standard InChI is InChI=1S/C31H36F5N3O7S/c1-20-15-25(46-19-23(41)18-40)16-21(2)26(20)7-14-47(43,44)39-11-9-29(10-12-39)28(42)37-27(38-29)22-5-3-6-24(17-22)45-13-4-8-30(32,33)31(34,35)36/h3,5-7,14-17,23,40-41H,4,8-13,18-19H2,1-2H3,(H,37,38,42)/b14-7+/t23-/m1/s1. The van der Waals surface area contributed by atoms with Crippen molar-refractivity contribution in [2.45, 2.75) is 63.3 Å². The van der Waals surface area contributed by atoms with Gasteiger partial charge in [-0.1, -0.05) is 12.1 Å². The molecule has 1 amide bonds. The van der Waals surface area contributed by atoms with E-state index in [0.29, 0.717) is 16.9 Å². The van der Waals surface area contributed by atoms with Gasteiger partial charge < -0.3 is 25.0 Å². The summed E-state index contributed by atoms with van der Waals surface area (Å²) in [5.41, 5.74) is 1.39. The van der Waals surface area contributed by atoms with Gasteiger partial charge in [-0.25, -0.2) is 8.42 Å². The molecule has 0 bridgehead atoms. The fourth-order valence-corrected chi connectivity index (χ4v) is 6.40. The summed E-state index contributed by atoms with van der Waals surface area (Å²) in [6.45, 7) is 2.71. The molecule has 1 atom stereocenters. The van der Waals surface area contributed by atoms with Crippen LogP contribution >= 0.6 is 0 Å². The van der Waals surface area contributed by atoms with Gasteiger partial charge in [-0.3, -0.25) is 9.79 Å². The summed E-state index contributed by atoms with van der Waals surface area (Å²) < 4.78 is 102. The quantitative estimate of drug-likeness (QED) is 0.213. The van der Waals surface area contributed by atoms with Gasteiger partial charge in [-0.15, -0.1) is 0 Å². The van der Waals surface area contributed by atoms with E-state index in [2.05, 4.69) is 10.3 Å². The van der Waals surface area contributed by atoms with E-state index in [9.17, 15) is 40.3 Å². The number of nitrogens with zero attached hydrogens (tertiary/aromatic N) is 2. The Hall–Kier alpha value is -3.60. The largest absolute Gasteiger partial charge is 0.494 e. The molecule has 258 valence electrons. The molecule has 0 unspecified atom stereocenters. The first-order valence-corrected chi connectivity index (χ1v) is 16.3. The lowest BCUT2D eigenvalue weighted by Crippen LogP contribution is -2.50. The number of alkyl halides is 5. The molecule has 3 N–H and O–H groups in total. The normalized spacial score (nSPS) is 18.0. The van der Waals surface area contributed by atoms with Gasteiger partial charge in [0, 0.05) is 30.5 Å². The van der Waals surface area contributed by atoms with Gasteiger partial charge in [0.1, 0.15) is 35.6 Å². The van der Waals surface area contributed by atoms with E-state index in [1.807, 2.05) is 0 Å². The summed E-state index contributed by atoms with van der Waals surface area (Å²) in [4.78, 5) is 17.6. The minimum atomic E-state index is -5.63. The van der Waals surface area contributed by atoms with Crippen LogP contribution in [-0.4, -0.2) is 91.3 Å². The van der Waals surface area contributed by atoms with E-state index < -0.39 is 59.1 Å². The van der Waals surface area contributed by atoms with Crippen LogP contribution in [0.2, 0.25) is 0 Å². The maximum Gasteiger partial charge on any atom is 0.453 e. The van der Waals surface area contributed by atoms with Gasteiger partial charge in [-0.2, -0.15) is 26.3 Å². The highest BCUT2D eigenvalue weighted by Crippen LogP contribution is 2.39. The lowest BCUT2D eigenvalue weighted by atomic mass is 9.89. The van der Waals surface area contributed by atoms with Crippen molar-refractivity contribution in [3.05, 3.63) is 64.1 Å². The molecule has 2 aliphatic heterocycles. The number of carbonyl (C=O) groups is 1. The molecule has 1 saturated heterocycles. The van der Waals surface area contributed by atoms with Crippen LogP contribution in [0.3, 0.4) is 0 Å². The fourth-order valence-electron chi connectivity index (χ4n) is 5.23. The molecule has 1 spiro atoms. The topological polar surface area (TPSA) is 138 Å². The number of nitrogens with one attached hydrogen (secondary N) is 1. The summed E-state index contributed by atoms with van der Waals surface area (Å²) in [6.07, 6.45) is -6.88. The predicted molar refractivity (Wildman–Crippen MR) is 163 cm³/mol. The Morgan fingerprint density at radius 1 is 1.06 bits per heavy atom. The second kappa shape index (κ2) is 14.3. The number of benzene rings is 2. The molecule has 2 aliphatic rings. The number of sulfonamides is 1. The number of carbonyl (C=O) groups excluding carboxylic acids is 1. The molecular weight excluding hydrogens is 653 g/mol. The number of rotatable bonds is 13. The molecule has 0 saturated carbocycles. The molecule has 1 fully saturated rings. The fraction of sp³-hybridized carbons (Fsp3) is 0.484. The number of amides is 1. The van der Waals surface area contributed by atoms with Crippen molar-refractivity contribution >= 4 is 27.8 Å². The maximum absolute atomic E-state index is 13.2. The third-order valence-corrected chi connectivity index (χ3v) is 9.51. The highest BCUT2D eigenvalue weighted by molar-refractivity contribution is 7.92. The number of hydrogen-bond donors (Lipinski definition) is 3. The third-order valence-electron chi connectivity index (χ3n) is 7.94. The molecule has 0 radical (unpaired) electrons. The molecular formula is C31H36F5N3O7S. The van der Waals surface area contributed by atoms with Crippen LogP contribution in [0.25, 0.3) is 6.08 Å². The Morgan fingerprint density at radius 2 is 1.72 bits per heavy atom. The third kappa shape index (κ3) is 8.66. The first-order valence-electron chi connectivity index (χ1n) is 14.8. The Morgan fingerprint density at radius 3 is 2.34 bits per heavy atom. The van der Waals surface area contributed by atoms with Crippen molar-refractivity contribution < 1.29 is 54.9 Å². The molecule has 2 aromatic carbocycles. The first kappa shape index (κ1) is 36.2. The molecule has 2 aromatic rings. The second-order valence-corrected chi connectivity index (χ2v) is 13.3. The summed E-state index contributed by atoms with van der Waals surface area (Å²) in [6, 6.07) is 9.54. The van der Waals surface area contributed by atoms with Crippen molar-refractivity contribution in [1.29, 1.82) is 0 Å². The predicted octanol–water partition coefficient (Wildman–Crippen LogP) is 4.10. The van der Waals surface area contributed by atoms with Gasteiger partial charge in [0.05, 0.1) is 13.2 Å². The molecule has 4 rings (SSSR count). The zero-order valence-electron chi connectivity index (χ0n) is 25.7. The SMILES string of the molecule is Cc1cc(OC[C@H](O)CO)cc(C)c1/C=C/S(=O)(=O)N1CCC2(CC1)N=C(c1cccc(OCCCC(F)(F)C(F)(F)F)c1)NC2=O. The van der Waals surface area contributed by atoms with Gasteiger partial charge >= 0.3 is 12.1 Å². The Labute approximate surface area is 268 Å². The number of aliphatic hydroxyl groups excluding tert-OH is 2. The number of aliphatic hydroxyl groups is 2. The second-order valence-electron chi connectivity index (χ2n) is 11.5. The van der Waals surface area contributed by atoms with Gasteiger partial charge in [0.2, 0.25) is 10.0 Å². The van der Waals surface area contributed by atoms with Crippen LogP contribution in [0.4, 0.5) is 22.0 Å². The van der Waals surface area contributed by atoms with Crippen LogP contribution in [0.15, 0.2) is 46.8 Å². The number of ether oxygens (including phenoxy) is 2. The van der Waals surface area contributed by atoms with Crippen LogP contribution in [0.1, 0.15) is 47.9 Å². The van der Waals surface area contributed by atoms with E-state index in [0.717, 1.165) is 16.5 Å². The van der Waals surface area contributed by atoms with E-state index in [1.54, 1.807) is 38.1 Å².